The Morgan fingerprint density at radius 3 is 2.71 bits per heavy atom. The summed E-state index contributed by atoms with van der Waals surface area (Å²) in [6, 6.07) is 17.6. The molecule has 2 aromatic carbocycles. The summed E-state index contributed by atoms with van der Waals surface area (Å²) >= 11 is 1.66. The number of benzene rings is 2. The molecule has 31 heavy (non-hydrogen) atoms. The van der Waals surface area contributed by atoms with Gasteiger partial charge in [-0.25, -0.2) is 0 Å². The third-order valence-electron chi connectivity index (χ3n) is 4.98. The normalized spacial score (nSPS) is 10.8. The van der Waals surface area contributed by atoms with Crippen molar-refractivity contribution in [1.29, 1.82) is 0 Å². The number of rotatable bonds is 7. The van der Waals surface area contributed by atoms with Crippen molar-refractivity contribution >= 4 is 28.1 Å². The monoisotopic (exact) mass is 432 g/mol. The fourth-order valence-corrected chi connectivity index (χ4v) is 4.32. The number of para-hydroxylation sites is 1. The Morgan fingerprint density at radius 2 is 1.97 bits per heavy atom. The second kappa shape index (κ2) is 9.18. The molecule has 158 valence electrons. The van der Waals surface area contributed by atoms with Crippen LogP contribution in [0.1, 0.15) is 28.5 Å². The highest BCUT2D eigenvalue weighted by Gasteiger charge is 2.15. The minimum atomic E-state index is -0.133. The van der Waals surface area contributed by atoms with Crippen LogP contribution in [0.5, 0.6) is 11.5 Å². The van der Waals surface area contributed by atoms with Gasteiger partial charge in [0.2, 0.25) is 0 Å². The number of aryl methyl sites for hydroxylation is 1. The Morgan fingerprint density at radius 1 is 1.10 bits per heavy atom. The molecule has 0 radical (unpaired) electrons. The molecule has 4 rings (SSSR count). The van der Waals surface area contributed by atoms with Crippen LogP contribution in [0.2, 0.25) is 0 Å². The van der Waals surface area contributed by atoms with Gasteiger partial charge in [-0.2, -0.15) is 0 Å². The molecule has 4 aromatic rings. The summed E-state index contributed by atoms with van der Waals surface area (Å²) in [4.78, 5) is 19.0. The van der Waals surface area contributed by atoms with Gasteiger partial charge < -0.3 is 14.8 Å². The summed E-state index contributed by atoms with van der Waals surface area (Å²) in [5.74, 6) is 1.21. The molecule has 0 atom stereocenters. The van der Waals surface area contributed by atoms with Gasteiger partial charge in [-0.1, -0.05) is 30.3 Å². The average Bonchev–Trinajstić information content (AvgIpc) is 3.32. The average molecular weight is 433 g/mol. The number of thiophene rings is 1. The third kappa shape index (κ3) is 4.39. The SMILES string of the molecule is CCOc1ccc(CNC(=O)c2cc(C)nc3c(-c4cccs4)cccc23)cc1OC. The Labute approximate surface area is 185 Å². The highest BCUT2D eigenvalue weighted by Crippen LogP contribution is 2.32. The van der Waals surface area contributed by atoms with Gasteiger partial charge in [0.05, 0.1) is 24.8 Å². The van der Waals surface area contributed by atoms with E-state index in [0.29, 0.717) is 30.2 Å². The zero-order chi connectivity index (χ0) is 21.8. The zero-order valence-corrected chi connectivity index (χ0v) is 18.6. The number of ether oxygens (including phenoxy) is 2. The molecule has 2 aromatic heterocycles. The van der Waals surface area contributed by atoms with E-state index < -0.39 is 0 Å². The van der Waals surface area contributed by atoms with Crippen LogP contribution in [0.3, 0.4) is 0 Å². The van der Waals surface area contributed by atoms with Crippen molar-refractivity contribution in [1.82, 2.24) is 10.3 Å². The number of amides is 1. The predicted octanol–water partition coefficient (Wildman–Crippen LogP) is 5.61. The van der Waals surface area contributed by atoms with Crippen molar-refractivity contribution in [2.75, 3.05) is 13.7 Å². The van der Waals surface area contributed by atoms with Gasteiger partial charge in [0.25, 0.3) is 5.91 Å². The summed E-state index contributed by atoms with van der Waals surface area (Å²) in [6.45, 7) is 4.79. The van der Waals surface area contributed by atoms with Crippen LogP contribution in [0.4, 0.5) is 0 Å². The van der Waals surface area contributed by atoms with E-state index in [-0.39, 0.29) is 5.91 Å². The molecule has 1 N–H and O–H groups in total. The van der Waals surface area contributed by atoms with Crippen molar-refractivity contribution in [3.05, 3.63) is 76.8 Å². The molecule has 0 bridgehead atoms. The van der Waals surface area contributed by atoms with E-state index in [1.54, 1.807) is 18.4 Å². The van der Waals surface area contributed by atoms with E-state index in [1.807, 2.05) is 61.7 Å². The van der Waals surface area contributed by atoms with Crippen LogP contribution in [-0.2, 0) is 6.54 Å². The molecule has 0 saturated carbocycles. The second-order valence-electron chi connectivity index (χ2n) is 7.09. The number of carbonyl (C=O) groups is 1. The lowest BCUT2D eigenvalue weighted by atomic mass is 10.0. The number of fused-ring (bicyclic) bond motifs is 1. The third-order valence-corrected chi connectivity index (χ3v) is 5.88. The summed E-state index contributed by atoms with van der Waals surface area (Å²) in [6.07, 6.45) is 0. The first-order valence-corrected chi connectivity index (χ1v) is 11.0. The van der Waals surface area contributed by atoms with Crippen LogP contribution in [-0.4, -0.2) is 24.6 Å². The maximum Gasteiger partial charge on any atom is 0.252 e. The topological polar surface area (TPSA) is 60.5 Å². The summed E-state index contributed by atoms with van der Waals surface area (Å²) in [7, 11) is 1.61. The Bertz CT molecular complexity index is 1220. The lowest BCUT2D eigenvalue weighted by molar-refractivity contribution is 0.0952. The highest BCUT2D eigenvalue weighted by molar-refractivity contribution is 7.13. The largest absolute Gasteiger partial charge is 0.493 e. The van der Waals surface area contributed by atoms with Crippen LogP contribution in [0.25, 0.3) is 21.3 Å². The van der Waals surface area contributed by atoms with Gasteiger partial charge in [-0.3, -0.25) is 9.78 Å². The molecule has 5 nitrogen and oxygen atoms in total. The van der Waals surface area contributed by atoms with Crippen molar-refractivity contribution in [3.8, 4) is 21.9 Å². The first-order valence-electron chi connectivity index (χ1n) is 10.1. The number of hydrogen-bond donors (Lipinski definition) is 1. The maximum absolute atomic E-state index is 13.1. The lowest BCUT2D eigenvalue weighted by Crippen LogP contribution is -2.23. The van der Waals surface area contributed by atoms with E-state index in [0.717, 1.165) is 32.6 Å². The molecule has 0 saturated heterocycles. The smallest absolute Gasteiger partial charge is 0.252 e. The van der Waals surface area contributed by atoms with Crippen molar-refractivity contribution in [3.63, 3.8) is 0 Å². The zero-order valence-electron chi connectivity index (χ0n) is 17.8. The molecule has 0 aliphatic carbocycles. The second-order valence-corrected chi connectivity index (χ2v) is 8.04. The van der Waals surface area contributed by atoms with E-state index in [4.69, 9.17) is 14.5 Å². The quantitative estimate of drug-likeness (QED) is 0.412. The molecular weight excluding hydrogens is 408 g/mol. The molecule has 1 amide bonds. The minimum Gasteiger partial charge on any atom is -0.493 e. The first kappa shape index (κ1) is 20.9. The predicted molar refractivity (Wildman–Crippen MR) is 125 cm³/mol. The maximum atomic E-state index is 13.1. The van der Waals surface area contributed by atoms with E-state index in [9.17, 15) is 4.79 Å². The molecule has 0 aliphatic rings. The number of methoxy groups -OCH3 is 1. The van der Waals surface area contributed by atoms with Crippen molar-refractivity contribution in [2.24, 2.45) is 0 Å². The number of pyridine rings is 1. The Balaban J connectivity index is 1.62. The highest BCUT2D eigenvalue weighted by atomic mass is 32.1. The van der Waals surface area contributed by atoms with Gasteiger partial charge in [0.15, 0.2) is 11.5 Å². The van der Waals surface area contributed by atoms with Crippen molar-refractivity contribution in [2.45, 2.75) is 20.4 Å². The van der Waals surface area contributed by atoms with Crippen LogP contribution in [0.15, 0.2) is 60.0 Å². The van der Waals surface area contributed by atoms with Gasteiger partial charge >= 0.3 is 0 Å². The number of nitrogens with one attached hydrogen (secondary N) is 1. The van der Waals surface area contributed by atoms with Gasteiger partial charge in [0.1, 0.15) is 0 Å². The number of carbonyl (C=O) groups excluding carboxylic acids is 1. The van der Waals surface area contributed by atoms with Crippen molar-refractivity contribution < 1.29 is 14.3 Å². The summed E-state index contributed by atoms with van der Waals surface area (Å²) in [5, 5.41) is 5.92. The Hall–Kier alpha value is -3.38. The minimum absolute atomic E-state index is 0.133. The van der Waals surface area contributed by atoms with Gasteiger partial charge in [-0.15, -0.1) is 11.3 Å². The van der Waals surface area contributed by atoms with Gasteiger partial charge in [-0.05, 0) is 49.1 Å². The van der Waals surface area contributed by atoms with E-state index >= 15 is 0 Å². The van der Waals surface area contributed by atoms with Crippen LogP contribution < -0.4 is 14.8 Å². The molecule has 0 aliphatic heterocycles. The van der Waals surface area contributed by atoms with Crippen LogP contribution in [0, 0.1) is 6.92 Å². The fourth-order valence-electron chi connectivity index (χ4n) is 3.57. The summed E-state index contributed by atoms with van der Waals surface area (Å²) < 4.78 is 11.0. The standard InChI is InChI=1S/C25H24N2O3S/c1-4-30-21-11-10-17(14-22(21)29-3)15-26-25(28)20-13-16(2)27-24-18(20)7-5-8-19(24)23-9-6-12-31-23/h5-14H,4,15H2,1-3H3,(H,26,28). The van der Waals surface area contributed by atoms with Gasteiger partial charge in [0, 0.05) is 28.1 Å². The number of aromatic nitrogens is 1. The van der Waals surface area contributed by atoms with E-state index in [2.05, 4.69) is 17.4 Å². The molecule has 2 heterocycles. The first-order chi connectivity index (χ1) is 15.1. The molecule has 0 unspecified atom stereocenters. The van der Waals surface area contributed by atoms with Crippen LogP contribution >= 0.6 is 11.3 Å². The molecule has 6 heteroatoms. The molecule has 0 spiro atoms. The lowest BCUT2D eigenvalue weighted by Gasteiger charge is -2.13. The van der Waals surface area contributed by atoms with E-state index in [1.165, 1.54) is 0 Å². The molecular formula is C25H24N2O3S. The fraction of sp³-hybridized carbons (Fsp3) is 0.200. The Kier molecular flexibility index (Phi) is 6.18. The number of hydrogen-bond acceptors (Lipinski definition) is 5. The number of nitrogens with zero attached hydrogens (tertiary/aromatic N) is 1. The molecule has 0 fully saturated rings. The summed E-state index contributed by atoms with van der Waals surface area (Å²) in [5.41, 5.74) is 4.26.